The molecule has 1 aromatic heterocycles. The third-order valence-corrected chi connectivity index (χ3v) is 5.09. The molecular weight excluding hydrogens is 385 g/mol. The highest BCUT2D eigenvalue weighted by molar-refractivity contribution is 5.93. The van der Waals surface area contributed by atoms with Crippen LogP contribution in [0, 0.1) is 5.82 Å². The molecule has 0 spiro atoms. The number of carbonyl (C=O) groups is 2. The zero-order chi connectivity index (χ0) is 20.9. The van der Waals surface area contributed by atoms with E-state index in [0.717, 1.165) is 16.9 Å². The molecule has 2 amide bonds. The quantitative estimate of drug-likeness (QED) is 0.704. The van der Waals surface area contributed by atoms with Crippen molar-refractivity contribution in [1.29, 1.82) is 0 Å². The summed E-state index contributed by atoms with van der Waals surface area (Å²) in [4.78, 5) is 37.5. The number of anilines is 2. The Bertz CT molecular complexity index is 1050. The van der Waals surface area contributed by atoms with Gasteiger partial charge in [-0.2, -0.15) is 0 Å². The van der Waals surface area contributed by atoms with Crippen molar-refractivity contribution in [1.82, 2.24) is 14.9 Å². The van der Waals surface area contributed by atoms with Crippen LogP contribution in [-0.2, 0) is 9.59 Å². The number of carbonyl (C=O) groups excluding carboxylic acids is 2. The summed E-state index contributed by atoms with van der Waals surface area (Å²) in [5.74, 6) is 0.130. The third-order valence-electron chi connectivity index (χ3n) is 5.09. The van der Waals surface area contributed by atoms with Gasteiger partial charge in [-0.3, -0.25) is 14.6 Å². The standard InChI is InChI=1S/C22H22FN5O2/c23-16-5-7-17(8-6-16)25-21(29)9-10-22(30)28-13-11-27(12-14-28)20-15-24-18-3-1-2-4-19(18)26-20/h1-8,15H,9-14H2,(H,25,29). The van der Waals surface area contributed by atoms with E-state index in [-0.39, 0.29) is 30.5 Å². The molecule has 0 aliphatic carbocycles. The summed E-state index contributed by atoms with van der Waals surface area (Å²) < 4.78 is 12.9. The maximum Gasteiger partial charge on any atom is 0.224 e. The van der Waals surface area contributed by atoms with Gasteiger partial charge in [-0.1, -0.05) is 12.1 Å². The van der Waals surface area contributed by atoms with Crippen LogP contribution < -0.4 is 10.2 Å². The second-order valence-electron chi connectivity index (χ2n) is 7.14. The van der Waals surface area contributed by atoms with E-state index >= 15 is 0 Å². The molecule has 7 nitrogen and oxygen atoms in total. The summed E-state index contributed by atoms with van der Waals surface area (Å²) >= 11 is 0. The molecule has 1 fully saturated rings. The van der Waals surface area contributed by atoms with Gasteiger partial charge in [-0.05, 0) is 36.4 Å². The average molecular weight is 407 g/mol. The van der Waals surface area contributed by atoms with E-state index in [1.54, 1.807) is 11.1 Å². The fourth-order valence-corrected chi connectivity index (χ4v) is 3.42. The molecule has 1 aliphatic rings. The molecule has 154 valence electrons. The van der Waals surface area contributed by atoms with Gasteiger partial charge in [0.25, 0.3) is 0 Å². The Morgan fingerprint density at radius 1 is 0.933 bits per heavy atom. The van der Waals surface area contributed by atoms with Crippen molar-refractivity contribution >= 4 is 34.4 Å². The first kappa shape index (κ1) is 19.8. The number of benzene rings is 2. The molecule has 4 rings (SSSR count). The number of hydrogen-bond acceptors (Lipinski definition) is 5. The highest BCUT2D eigenvalue weighted by Crippen LogP contribution is 2.17. The highest BCUT2D eigenvalue weighted by atomic mass is 19.1. The molecule has 1 N–H and O–H groups in total. The Labute approximate surface area is 173 Å². The Morgan fingerprint density at radius 3 is 2.37 bits per heavy atom. The molecule has 3 aromatic rings. The number of aromatic nitrogens is 2. The van der Waals surface area contributed by atoms with Gasteiger partial charge in [0.1, 0.15) is 11.6 Å². The number of hydrogen-bond donors (Lipinski definition) is 1. The summed E-state index contributed by atoms with van der Waals surface area (Å²) in [6.07, 6.45) is 2.00. The van der Waals surface area contributed by atoms with Crippen LogP contribution in [0.15, 0.2) is 54.7 Å². The van der Waals surface area contributed by atoms with Crippen molar-refractivity contribution in [2.45, 2.75) is 12.8 Å². The maximum absolute atomic E-state index is 12.9. The van der Waals surface area contributed by atoms with E-state index in [4.69, 9.17) is 0 Å². The smallest absolute Gasteiger partial charge is 0.224 e. The number of piperazine rings is 1. The molecule has 8 heteroatoms. The molecular formula is C22H22FN5O2. The van der Waals surface area contributed by atoms with Gasteiger partial charge in [-0.25, -0.2) is 9.37 Å². The predicted molar refractivity (Wildman–Crippen MR) is 113 cm³/mol. The minimum Gasteiger partial charge on any atom is -0.352 e. The lowest BCUT2D eigenvalue weighted by atomic mass is 10.2. The molecule has 1 aliphatic heterocycles. The largest absolute Gasteiger partial charge is 0.352 e. The molecule has 1 saturated heterocycles. The Hall–Kier alpha value is -3.55. The summed E-state index contributed by atoms with van der Waals surface area (Å²) in [6.45, 7) is 2.49. The highest BCUT2D eigenvalue weighted by Gasteiger charge is 2.22. The summed E-state index contributed by atoms with van der Waals surface area (Å²) in [7, 11) is 0. The fourth-order valence-electron chi connectivity index (χ4n) is 3.42. The summed E-state index contributed by atoms with van der Waals surface area (Å²) in [6, 6.07) is 13.3. The van der Waals surface area contributed by atoms with E-state index in [2.05, 4.69) is 20.2 Å². The van der Waals surface area contributed by atoms with Crippen molar-refractivity contribution in [3.63, 3.8) is 0 Å². The van der Waals surface area contributed by atoms with E-state index in [1.807, 2.05) is 24.3 Å². The van der Waals surface area contributed by atoms with Crippen molar-refractivity contribution in [2.24, 2.45) is 0 Å². The van der Waals surface area contributed by atoms with Crippen LogP contribution in [0.1, 0.15) is 12.8 Å². The van der Waals surface area contributed by atoms with E-state index < -0.39 is 0 Å². The Morgan fingerprint density at radius 2 is 1.63 bits per heavy atom. The van der Waals surface area contributed by atoms with Gasteiger partial charge >= 0.3 is 0 Å². The maximum atomic E-state index is 12.9. The third kappa shape index (κ3) is 4.71. The van der Waals surface area contributed by atoms with Gasteiger partial charge in [0.05, 0.1) is 17.2 Å². The minimum atomic E-state index is -0.364. The molecule has 0 saturated carbocycles. The van der Waals surface area contributed by atoms with Crippen molar-refractivity contribution in [3.8, 4) is 0 Å². The molecule has 2 heterocycles. The van der Waals surface area contributed by atoms with Gasteiger partial charge in [-0.15, -0.1) is 0 Å². The molecule has 0 unspecified atom stereocenters. The number of rotatable bonds is 5. The first-order valence-corrected chi connectivity index (χ1v) is 9.88. The summed E-state index contributed by atoms with van der Waals surface area (Å²) in [5, 5.41) is 2.67. The second-order valence-corrected chi connectivity index (χ2v) is 7.14. The SMILES string of the molecule is O=C(CCC(=O)N1CCN(c2cnc3ccccc3n2)CC1)Nc1ccc(F)cc1. The molecule has 2 aromatic carbocycles. The molecule has 0 bridgehead atoms. The molecule has 0 radical (unpaired) electrons. The first-order valence-electron chi connectivity index (χ1n) is 9.88. The number of amides is 2. The number of fused-ring (bicyclic) bond motifs is 1. The zero-order valence-corrected chi connectivity index (χ0v) is 16.4. The Kier molecular flexibility index (Phi) is 5.83. The number of nitrogens with one attached hydrogen (secondary N) is 1. The topological polar surface area (TPSA) is 78.4 Å². The lowest BCUT2D eigenvalue weighted by molar-refractivity contribution is -0.133. The van der Waals surface area contributed by atoms with Crippen molar-refractivity contribution < 1.29 is 14.0 Å². The zero-order valence-electron chi connectivity index (χ0n) is 16.4. The minimum absolute atomic E-state index is 0.0477. The van der Waals surface area contributed by atoms with Crippen LogP contribution in [0.2, 0.25) is 0 Å². The van der Waals surface area contributed by atoms with Crippen LogP contribution in [0.5, 0.6) is 0 Å². The lowest BCUT2D eigenvalue weighted by Gasteiger charge is -2.35. The van der Waals surface area contributed by atoms with Crippen LogP contribution in [0.25, 0.3) is 11.0 Å². The number of para-hydroxylation sites is 2. The normalized spacial score (nSPS) is 14.0. The van der Waals surface area contributed by atoms with Gasteiger partial charge < -0.3 is 15.1 Å². The molecule has 0 atom stereocenters. The average Bonchev–Trinajstić information content (AvgIpc) is 2.79. The fraction of sp³-hybridized carbons (Fsp3) is 0.273. The van der Waals surface area contributed by atoms with Crippen molar-refractivity contribution in [3.05, 3.63) is 60.5 Å². The molecule has 30 heavy (non-hydrogen) atoms. The van der Waals surface area contributed by atoms with Gasteiger partial charge in [0.2, 0.25) is 11.8 Å². The number of halogens is 1. The van der Waals surface area contributed by atoms with Gasteiger partial charge in [0, 0.05) is 44.7 Å². The van der Waals surface area contributed by atoms with E-state index in [0.29, 0.717) is 31.9 Å². The second kappa shape index (κ2) is 8.86. The van der Waals surface area contributed by atoms with Crippen LogP contribution in [0.3, 0.4) is 0 Å². The Balaban J connectivity index is 1.25. The van der Waals surface area contributed by atoms with E-state index in [1.165, 1.54) is 24.3 Å². The first-order chi connectivity index (χ1) is 14.6. The lowest BCUT2D eigenvalue weighted by Crippen LogP contribution is -2.49. The summed E-state index contributed by atoms with van der Waals surface area (Å²) in [5.41, 5.74) is 2.22. The van der Waals surface area contributed by atoms with Gasteiger partial charge in [0.15, 0.2) is 0 Å². The number of nitrogens with zero attached hydrogens (tertiary/aromatic N) is 4. The van der Waals surface area contributed by atoms with E-state index in [9.17, 15) is 14.0 Å². The van der Waals surface area contributed by atoms with Crippen LogP contribution in [-0.4, -0.2) is 52.9 Å². The van der Waals surface area contributed by atoms with Crippen LogP contribution in [0.4, 0.5) is 15.9 Å². The van der Waals surface area contributed by atoms with Crippen LogP contribution >= 0.6 is 0 Å². The van der Waals surface area contributed by atoms with Crippen molar-refractivity contribution in [2.75, 3.05) is 36.4 Å². The monoisotopic (exact) mass is 407 g/mol. The predicted octanol–water partition coefficient (Wildman–Crippen LogP) is 2.84.